The lowest BCUT2D eigenvalue weighted by Crippen LogP contribution is -2.45. The van der Waals surface area contributed by atoms with Crippen molar-refractivity contribution in [3.63, 3.8) is 0 Å². The second kappa shape index (κ2) is 12.1. The Labute approximate surface area is 230 Å². The van der Waals surface area contributed by atoms with Crippen LogP contribution in [0, 0.1) is 27.7 Å². The molecule has 0 bridgehead atoms. The lowest BCUT2D eigenvalue weighted by molar-refractivity contribution is -0.154. The van der Waals surface area contributed by atoms with Gasteiger partial charge in [-0.05, 0) is 66.5 Å². The number of aryl methyl sites for hydroxylation is 2. The van der Waals surface area contributed by atoms with E-state index in [9.17, 15) is 26.3 Å². The first-order valence-electron chi connectivity index (χ1n) is 13.5. The van der Waals surface area contributed by atoms with Gasteiger partial charge in [-0.25, -0.2) is 0 Å². The Morgan fingerprint density at radius 3 is 1.43 bits per heavy atom. The summed E-state index contributed by atoms with van der Waals surface area (Å²) < 4.78 is 87.0. The molecule has 222 valence electrons. The fraction of sp³-hybridized carbons (Fsp3) is 0.643. The third-order valence-corrected chi connectivity index (χ3v) is 7.83. The average Bonchev–Trinajstić information content (AvgIpc) is 3.50. The monoisotopic (exact) mass is 574 g/mol. The van der Waals surface area contributed by atoms with Gasteiger partial charge in [-0.3, -0.25) is 19.8 Å². The van der Waals surface area contributed by atoms with Crippen molar-refractivity contribution in [1.82, 2.24) is 19.8 Å². The third-order valence-electron chi connectivity index (χ3n) is 7.83. The van der Waals surface area contributed by atoms with Crippen LogP contribution in [-0.2, 0) is 13.1 Å². The predicted octanol–water partition coefficient (Wildman–Crippen LogP) is 6.22. The van der Waals surface area contributed by atoms with Crippen molar-refractivity contribution in [2.45, 2.75) is 90.9 Å². The van der Waals surface area contributed by atoms with Crippen LogP contribution in [0.5, 0.6) is 11.5 Å². The van der Waals surface area contributed by atoms with Gasteiger partial charge in [0, 0.05) is 59.8 Å². The van der Waals surface area contributed by atoms with E-state index >= 15 is 0 Å². The molecule has 4 heterocycles. The fourth-order valence-electron chi connectivity index (χ4n) is 5.94. The number of hydrogen-bond donors (Lipinski definition) is 0. The van der Waals surface area contributed by atoms with E-state index in [-0.39, 0.29) is 23.6 Å². The minimum atomic E-state index is -4.43. The minimum absolute atomic E-state index is 0.219. The number of pyridine rings is 2. The summed E-state index contributed by atoms with van der Waals surface area (Å²) in [4.78, 5) is 13.8. The average molecular weight is 575 g/mol. The first kappa shape index (κ1) is 30.4. The molecule has 0 spiro atoms. The van der Waals surface area contributed by atoms with Gasteiger partial charge in [0.15, 0.2) is 13.2 Å². The maximum Gasteiger partial charge on any atom is 0.422 e. The molecule has 0 N–H and O–H groups in total. The van der Waals surface area contributed by atoms with E-state index in [2.05, 4.69) is 19.8 Å². The van der Waals surface area contributed by atoms with Gasteiger partial charge in [0.2, 0.25) is 0 Å². The van der Waals surface area contributed by atoms with Crippen LogP contribution in [-0.4, -0.2) is 70.5 Å². The molecular weight excluding hydrogens is 538 g/mol. The quantitative estimate of drug-likeness (QED) is 0.332. The number of rotatable bonds is 9. The molecule has 2 aromatic heterocycles. The Morgan fingerprint density at radius 1 is 0.700 bits per heavy atom. The molecule has 0 saturated carbocycles. The number of nitrogens with zero attached hydrogens (tertiary/aromatic N) is 4. The van der Waals surface area contributed by atoms with Crippen molar-refractivity contribution in [3.05, 3.63) is 46.0 Å². The Kier molecular flexibility index (Phi) is 9.18. The van der Waals surface area contributed by atoms with Gasteiger partial charge in [0.1, 0.15) is 11.5 Å². The SMILES string of the molecule is Cc1cnc(CN2CCCC2C2CCCN2Cc2ncc(C)c(OCC(F)(F)F)c2C)c(C)c1OCC(F)(F)F. The zero-order valence-electron chi connectivity index (χ0n) is 23.3. The summed E-state index contributed by atoms with van der Waals surface area (Å²) in [6, 6.07) is 0.438. The number of alkyl halides is 6. The highest BCUT2D eigenvalue weighted by Crippen LogP contribution is 2.35. The Morgan fingerprint density at radius 2 is 1.07 bits per heavy atom. The zero-order valence-corrected chi connectivity index (χ0v) is 23.3. The van der Waals surface area contributed by atoms with E-state index < -0.39 is 25.6 Å². The molecule has 12 heteroatoms. The van der Waals surface area contributed by atoms with Crippen molar-refractivity contribution in [3.8, 4) is 11.5 Å². The van der Waals surface area contributed by atoms with Crippen molar-refractivity contribution < 1.29 is 35.8 Å². The first-order valence-corrected chi connectivity index (χ1v) is 13.5. The van der Waals surface area contributed by atoms with Crippen LogP contribution in [0.25, 0.3) is 0 Å². The molecule has 0 aromatic carbocycles. The summed E-state index contributed by atoms with van der Waals surface area (Å²) in [5, 5.41) is 0. The summed E-state index contributed by atoms with van der Waals surface area (Å²) in [5.74, 6) is 0.454. The highest BCUT2D eigenvalue weighted by atomic mass is 19.4. The van der Waals surface area contributed by atoms with E-state index in [1.807, 2.05) is 0 Å². The van der Waals surface area contributed by atoms with Crippen LogP contribution in [0.1, 0.15) is 59.3 Å². The van der Waals surface area contributed by atoms with Crippen LogP contribution in [0.3, 0.4) is 0 Å². The molecule has 2 aliphatic heterocycles. The van der Waals surface area contributed by atoms with Crippen molar-refractivity contribution in [2.24, 2.45) is 0 Å². The smallest absolute Gasteiger partial charge is 0.422 e. The van der Waals surface area contributed by atoms with Crippen LogP contribution in [0.4, 0.5) is 26.3 Å². The predicted molar refractivity (Wildman–Crippen MR) is 137 cm³/mol. The maximum absolute atomic E-state index is 12.8. The normalized spacial score (nSPS) is 20.9. The molecule has 2 aromatic rings. The molecule has 0 radical (unpaired) electrons. The first-order chi connectivity index (χ1) is 18.7. The van der Waals surface area contributed by atoms with E-state index in [0.29, 0.717) is 46.7 Å². The van der Waals surface area contributed by atoms with Gasteiger partial charge < -0.3 is 9.47 Å². The van der Waals surface area contributed by atoms with Crippen molar-refractivity contribution >= 4 is 0 Å². The molecule has 2 atom stereocenters. The molecule has 2 unspecified atom stereocenters. The summed E-state index contributed by atoms with van der Waals surface area (Å²) in [5.41, 5.74) is 3.74. The molecule has 40 heavy (non-hydrogen) atoms. The largest absolute Gasteiger partial charge is 0.483 e. The van der Waals surface area contributed by atoms with E-state index in [0.717, 1.165) is 38.8 Å². The van der Waals surface area contributed by atoms with Crippen molar-refractivity contribution in [1.29, 1.82) is 0 Å². The standard InChI is InChI=1S/C28H36F6N4O2/c1-17-11-35-21(19(3)25(17)39-15-27(29,30)31)13-37-9-5-7-23(37)24-8-6-10-38(24)14-22-20(4)26(18(2)12-36-22)40-16-28(32,33)34/h11-12,23-24H,5-10,13-16H2,1-4H3. The lowest BCUT2D eigenvalue weighted by Gasteiger charge is -2.35. The molecule has 6 nitrogen and oxygen atoms in total. The molecular formula is C28H36F6N4O2. The van der Waals surface area contributed by atoms with Gasteiger partial charge >= 0.3 is 12.4 Å². The molecule has 2 aliphatic rings. The summed E-state index contributed by atoms with van der Waals surface area (Å²) in [6.45, 7) is 6.86. The van der Waals surface area contributed by atoms with Crippen LogP contribution < -0.4 is 9.47 Å². The van der Waals surface area contributed by atoms with Gasteiger partial charge in [0.25, 0.3) is 0 Å². The Bertz CT molecular complexity index is 1100. The minimum Gasteiger partial charge on any atom is -0.483 e. The van der Waals surface area contributed by atoms with Gasteiger partial charge in [0.05, 0.1) is 11.4 Å². The fourth-order valence-corrected chi connectivity index (χ4v) is 5.94. The van der Waals surface area contributed by atoms with E-state index in [1.54, 1.807) is 40.1 Å². The summed E-state index contributed by atoms with van der Waals surface area (Å²) in [7, 11) is 0. The molecule has 0 aliphatic carbocycles. The number of halogens is 6. The van der Waals surface area contributed by atoms with Crippen LogP contribution in [0.15, 0.2) is 12.4 Å². The molecule has 0 amide bonds. The van der Waals surface area contributed by atoms with Crippen LogP contribution >= 0.6 is 0 Å². The van der Waals surface area contributed by atoms with Gasteiger partial charge in [-0.15, -0.1) is 0 Å². The highest BCUT2D eigenvalue weighted by Gasteiger charge is 2.38. The maximum atomic E-state index is 12.8. The van der Waals surface area contributed by atoms with Crippen LogP contribution in [0.2, 0.25) is 0 Å². The van der Waals surface area contributed by atoms with Gasteiger partial charge in [-0.1, -0.05) is 0 Å². The Balaban J connectivity index is 1.48. The van der Waals surface area contributed by atoms with E-state index in [4.69, 9.17) is 9.47 Å². The number of hydrogen-bond acceptors (Lipinski definition) is 6. The molecule has 2 fully saturated rings. The molecule has 2 saturated heterocycles. The van der Waals surface area contributed by atoms with E-state index in [1.165, 1.54) is 0 Å². The molecule has 4 rings (SSSR count). The lowest BCUT2D eigenvalue weighted by atomic mass is 10.0. The Hall–Kier alpha value is -2.60. The third kappa shape index (κ3) is 7.37. The second-order valence-corrected chi connectivity index (χ2v) is 10.9. The summed E-state index contributed by atoms with van der Waals surface area (Å²) >= 11 is 0. The van der Waals surface area contributed by atoms with Gasteiger partial charge in [-0.2, -0.15) is 26.3 Å². The topological polar surface area (TPSA) is 50.7 Å². The number of ether oxygens (including phenoxy) is 2. The second-order valence-electron chi connectivity index (χ2n) is 10.9. The summed E-state index contributed by atoms with van der Waals surface area (Å²) in [6.07, 6.45) is -1.79. The number of likely N-dealkylation sites (tertiary alicyclic amines) is 2. The number of aromatic nitrogens is 2. The highest BCUT2D eigenvalue weighted by molar-refractivity contribution is 5.42. The van der Waals surface area contributed by atoms with Crippen molar-refractivity contribution in [2.75, 3.05) is 26.3 Å². The zero-order chi connectivity index (χ0) is 29.2.